The minimum absolute atomic E-state index is 0.0501. The van der Waals surface area contributed by atoms with Crippen LogP contribution >= 0.6 is 0 Å². The minimum atomic E-state index is -1.09. The number of carbonyl (C=O) groups excluding carboxylic acids is 2. The number of H-pyrrole nitrogens is 1. The normalized spacial score (nSPS) is 11.0. The predicted octanol–water partition coefficient (Wildman–Crippen LogP) is 2.65. The SMILES string of the molecule is Cn1cc(NC(=O)c2cc(NC(=O)OC(C)(C)C)c[nH]2)cc1C(=O)O. The summed E-state index contributed by atoms with van der Waals surface area (Å²) < 4.78 is 6.51. The zero-order valence-electron chi connectivity index (χ0n) is 14.3. The Balaban J connectivity index is 2.02. The van der Waals surface area contributed by atoms with Gasteiger partial charge in [0.1, 0.15) is 17.0 Å². The Morgan fingerprint density at radius 3 is 2.40 bits per heavy atom. The van der Waals surface area contributed by atoms with Gasteiger partial charge < -0.3 is 24.7 Å². The topological polar surface area (TPSA) is 125 Å². The lowest BCUT2D eigenvalue weighted by atomic mass is 10.2. The number of nitrogens with zero attached hydrogens (tertiary/aromatic N) is 1. The minimum Gasteiger partial charge on any atom is -0.477 e. The summed E-state index contributed by atoms with van der Waals surface area (Å²) in [5.74, 6) is -1.56. The Morgan fingerprint density at radius 2 is 1.84 bits per heavy atom. The number of ether oxygens (including phenoxy) is 1. The first-order chi connectivity index (χ1) is 11.5. The molecule has 2 heterocycles. The number of amides is 2. The fourth-order valence-electron chi connectivity index (χ4n) is 2.06. The van der Waals surface area contributed by atoms with Gasteiger partial charge in [0.2, 0.25) is 0 Å². The van der Waals surface area contributed by atoms with Crippen molar-refractivity contribution in [1.29, 1.82) is 0 Å². The highest BCUT2D eigenvalue weighted by Gasteiger charge is 2.18. The lowest BCUT2D eigenvalue weighted by Gasteiger charge is -2.19. The summed E-state index contributed by atoms with van der Waals surface area (Å²) in [6.07, 6.45) is 2.31. The van der Waals surface area contributed by atoms with E-state index in [2.05, 4.69) is 15.6 Å². The molecule has 4 N–H and O–H groups in total. The summed E-state index contributed by atoms with van der Waals surface area (Å²) in [6.45, 7) is 5.23. The van der Waals surface area contributed by atoms with Gasteiger partial charge in [-0.25, -0.2) is 9.59 Å². The van der Waals surface area contributed by atoms with Crippen LogP contribution in [-0.2, 0) is 11.8 Å². The van der Waals surface area contributed by atoms with Gasteiger partial charge in [0.25, 0.3) is 5.91 Å². The first kappa shape index (κ1) is 18.1. The molecule has 2 rings (SSSR count). The average Bonchev–Trinajstić information content (AvgIpc) is 3.03. The van der Waals surface area contributed by atoms with Gasteiger partial charge in [-0.05, 0) is 32.9 Å². The Kier molecular flexibility index (Phi) is 4.87. The highest BCUT2D eigenvalue weighted by atomic mass is 16.6. The van der Waals surface area contributed by atoms with Crippen molar-refractivity contribution in [2.24, 2.45) is 7.05 Å². The molecule has 0 aliphatic carbocycles. The standard InChI is InChI=1S/C16H20N4O5/c1-16(2,3)25-15(24)19-9-5-11(17-7-9)13(21)18-10-6-12(14(22)23)20(4)8-10/h5-8,17H,1-4H3,(H,18,21)(H,19,24)(H,22,23). The molecule has 0 aliphatic rings. The molecule has 0 saturated carbocycles. The van der Waals surface area contributed by atoms with Crippen molar-refractivity contribution in [2.75, 3.05) is 10.6 Å². The van der Waals surface area contributed by atoms with Crippen molar-refractivity contribution >= 4 is 29.3 Å². The quantitative estimate of drug-likeness (QED) is 0.676. The molecule has 2 aromatic rings. The Labute approximate surface area is 144 Å². The highest BCUT2D eigenvalue weighted by molar-refractivity contribution is 6.04. The second kappa shape index (κ2) is 6.71. The fraction of sp³-hybridized carbons (Fsp3) is 0.312. The highest BCUT2D eigenvalue weighted by Crippen LogP contribution is 2.16. The van der Waals surface area contributed by atoms with Crippen LogP contribution in [0.4, 0.5) is 16.2 Å². The molecule has 0 fully saturated rings. The van der Waals surface area contributed by atoms with Crippen LogP contribution in [0.2, 0.25) is 0 Å². The van der Waals surface area contributed by atoms with Gasteiger partial charge in [0.05, 0.1) is 11.4 Å². The molecule has 0 unspecified atom stereocenters. The number of aromatic carboxylic acids is 1. The molecule has 0 aliphatic heterocycles. The lowest BCUT2D eigenvalue weighted by Crippen LogP contribution is -2.27. The number of hydrogen-bond donors (Lipinski definition) is 4. The average molecular weight is 348 g/mol. The fourth-order valence-corrected chi connectivity index (χ4v) is 2.06. The molecular weight excluding hydrogens is 328 g/mol. The van der Waals surface area contributed by atoms with E-state index in [0.717, 1.165) is 0 Å². The van der Waals surface area contributed by atoms with Crippen molar-refractivity contribution in [3.63, 3.8) is 0 Å². The molecule has 0 aromatic carbocycles. The number of nitrogens with one attached hydrogen (secondary N) is 3. The van der Waals surface area contributed by atoms with Crippen molar-refractivity contribution in [3.8, 4) is 0 Å². The lowest BCUT2D eigenvalue weighted by molar-refractivity contribution is 0.0633. The van der Waals surface area contributed by atoms with E-state index >= 15 is 0 Å². The predicted molar refractivity (Wildman–Crippen MR) is 91.0 cm³/mol. The third-order valence-electron chi connectivity index (χ3n) is 3.05. The van der Waals surface area contributed by atoms with Gasteiger partial charge in [0, 0.05) is 19.4 Å². The molecule has 0 atom stereocenters. The maximum atomic E-state index is 12.2. The molecule has 0 bridgehead atoms. The van der Waals surface area contributed by atoms with Crippen LogP contribution in [0.1, 0.15) is 41.7 Å². The number of carboxylic acid groups (broad SMARTS) is 1. The number of carboxylic acids is 1. The number of hydrogen-bond acceptors (Lipinski definition) is 4. The van der Waals surface area contributed by atoms with Gasteiger partial charge in [-0.1, -0.05) is 0 Å². The van der Waals surface area contributed by atoms with Crippen LogP contribution in [0.15, 0.2) is 24.5 Å². The van der Waals surface area contributed by atoms with Crippen LogP contribution in [0.3, 0.4) is 0 Å². The second-order valence-corrected chi connectivity index (χ2v) is 6.41. The van der Waals surface area contributed by atoms with E-state index in [1.165, 1.54) is 29.1 Å². The smallest absolute Gasteiger partial charge is 0.412 e. The van der Waals surface area contributed by atoms with E-state index in [-0.39, 0.29) is 11.4 Å². The van der Waals surface area contributed by atoms with Crippen LogP contribution < -0.4 is 10.6 Å². The molecule has 0 saturated heterocycles. The largest absolute Gasteiger partial charge is 0.477 e. The number of rotatable bonds is 4. The van der Waals surface area contributed by atoms with Gasteiger partial charge in [-0.15, -0.1) is 0 Å². The number of anilines is 2. The summed E-state index contributed by atoms with van der Waals surface area (Å²) in [7, 11) is 1.57. The first-order valence-electron chi connectivity index (χ1n) is 7.44. The monoisotopic (exact) mass is 348 g/mol. The van der Waals surface area contributed by atoms with E-state index in [0.29, 0.717) is 11.4 Å². The zero-order valence-corrected chi connectivity index (χ0v) is 14.3. The van der Waals surface area contributed by atoms with Gasteiger partial charge in [-0.2, -0.15) is 0 Å². The second-order valence-electron chi connectivity index (χ2n) is 6.41. The number of aromatic nitrogens is 2. The zero-order chi connectivity index (χ0) is 18.8. The van der Waals surface area contributed by atoms with Crippen molar-refractivity contribution in [2.45, 2.75) is 26.4 Å². The number of aromatic amines is 1. The van der Waals surface area contributed by atoms with E-state index in [9.17, 15) is 14.4 Å². The van der Waals surface area contributed by atoms with E-state index in [1.807, 2.05) is 0 Å². The summed E-state index contributed by atoms with van der Waals surface area (Å²) in [5.41, 5.74) is 0.344. The van der Waals surface area contributed by atoms with E-state index in [4.69, 9.17) is 9.84 Å². The van der Waals surface area contributed by atoms with Crippen LogP contribution in [-0.4, -0.2) is 38.2 Å². The third-order valence-corrected chi connectivity index (χ3v) is 3.05. The van der Waals surface area contributed by atoms with E-state index < -0.39 is 23.6 Å². The van der Waals surface area contributed by atoms with E-state index in [1.54, 1.807) is 27.8 Å². The summed E-state index contributed by atoms with van der Waals surface area (Å²) in [6, 6.07) is 2.79. The first-order valence-corrected chi connectivity index (χ1v) is 7.44. The molecule has 2 amide bonds. The molecular formula is C16H20N4O5. The van der Waals surface area contributed by atoms with Gasteiger partial charge >= 0.3 is 12.1 Å². The number of carbonyl (C=O) groups is 3. The summed E-state index contributed by atoms with van der Waals surface area (Å²) in [4.78, 5) is 37.6. The van der Waals surface area contributed by atoms with Gasteiger partial charge in [0.15, 0.2) is 0 Å². The molecule has 9 nitrogen and oxygen atoms in total. The van der Waals surface area contributed by atoms with Crippen molar-refractivity contribution in [1.82, 2.24) is 9.55 Å². The van der Waals surface area contributed by atoms with Gasteiger partial charge in [-0.3, -0.25) is 10.1 Å². The molecule has 134 valence electrons. The summed E-state index contributed by atoms with van der Waals surface area (Å²) in [5, 5.41) is 14.1. The third kappa shape index (κ3) is 4.87. The van der Waals surface area contributed by atoms with Crippen molar-refractivity contribution in [3.05, 3.63) is 35.9 Å². The molecule has 2 aromatic heterocycles. The van der Waals surface area contributed by atoms with Crippen LogP contribution in [0.25, 0.3) is 0 Å². The maximum absolute atomic E-state index is 12.2. The maximum Gasteiger partial charge on any atom is 0.412 e. The molecule has 9 heteroatoms. The van der Waals surface area contributed by atoms with Crippen LogP contribution in [0.5, 0.6) is 0 Å². The Bertz CT molecular complexity index is 813. The van der Waals surface area contributed by atoms with Crippen LogP contribution in [0, 0.1) is 0 Å². The Hall–Kier alpha value is -3.23. The molecule has 25 heavy (non-hydrogen) atoms. The summed E-state index contributed by atoms with van der Waals surface area (Å²) >= 11 is 0. The van der Waals surface area contributed by atoms with Crippen molar-refractivity contribution < 1.29 is 24.2 Å². The molecule has 0 radical (unpaired) electrons. The molecule has 0 spiro atoms. The Morgan fingerprint density at radius 1 is 1.16 bits per heavy atom. The number of aryl methyl sites for hydroxylation is 1.